The van der Waals surface area contributed by atoms with Gasteiger partial charge in [0.05, 0.1) is 17.1 Å². The van der Waals surface area contributed by atoms with Gasteiger partial charge in [0.1, 0.15) is 0 Å². The molecular formula is C6H2ClF2N3O2. The van der Waals surface area contributed by atoms with Crippen LogP contribution in [0.5, 0.6) is 0 Å². The maximum absolute atomic E-state index is 12.5. The largest absolute Gasteiger partial charge is 1.00 e. The molecule has 74 valence electrons. The second-order valence-corrected chi connectivity index (χ2v) is 2.11. The fourth-order valence-corrected chi connectivity index (χ4v) is 0.752. The molecule has 0 fully saturated rings. The zero-order chi connectivity index (χ0) is 10.0. The maximum atomic E-state index is 12.5. The lowest BCUT2D eigenvalue weighted by molar-refractivity contribution is -0.384. The van der Waals surface area contributed by atoms with Crippen LogP contribution in [0.4, 0.5) is 20.2 Å². The highest BCUT2D eigenvalue weighted by molar-refractivity contribution is 5.61. The quantitative estimate of drug-likeness (QED) is 0.360. The topological polar surface area (TPSA) is 71.3 Å². The van der Waals surface area contributed by atoms with Gasteiger partial charge in [0, 0.05) is 0 Å². The SMILES string of the molecule is N#[N+]c1cc(F)c(F)cc1[N+](=O)[O-].[Cl-]. The first-order chi connectivity index (χ1) is 6.06. The molecule has 0 saturated heterocycles. The van der Waals surface area contributed by atoms with E-state index in [-0.39, 0.29) is 12.4 Å². The Balaban J connectivity index is 0.00000169. The van der Waals surface area contributed by atoms with Gasteiger partial charge in [-0.15, -0.1) is 0 Å². The van der Waals surface area contributed by atoms with Crippen molar-refractivity contribution in [2.75, 3.05) is 0 Å². The highest BCUT2D eigenvalue weighted by atomic mass is 35.5. The summed E-state index contributed by atoms with van der Waals surface area (Å²) >= 11 is 0. The van der Waals surface area contributed by atoms with E-state index in [2.05, 4.69) is 4.98 Å². The number of nitrogens with zero attached hydrogens (tertiary/aromatic N) is 3. The Labute approximate surface area is 82.5 Å². The van der Waals surface area contributed by atoms with Gasteiger partial charge in [-0.05, 0) is 0 Å². The van der Waals surface area contributed by atoms with Gasteiger partial charge < -0.3 is 12.4 Å². The van der Waals surface area contributed by atoms with Crippen LogP contribution in [0, 0.1) is 27.1 Å². The Morgan fingerprint density at radius 2 is 1.86 bits per heavy atom. The molecule has 0 atom stereocenters. The van der Waals surface area contributed by atoms with E-state index >= 15 is 0 Å². The van der Waals surface area contributed by atoms with E-state index in [0.717, 1.165) is 0 Å². The van der Waals surface area contributed by atoms with Crippen LogP contribution >= 0.6 is 0 Å². The summed E-state index contributed by atoms with van der Waals surface area (Å²) in [5.74, 6) is -2.67. The third kappa shape index (κ3) is 2.11. The number of rotatable bonds is 1. The van der Waals surface area contributed by atoms with Crippen molar-refractivity contribution in [3.8, 4) is 0 Å². The number of hydrogen-bond acceptors (Lipinski definition) is 3. The van der Waals surface area contributed by atoms with Crippen LogP contribution in [0.2, 0.25) is 0 Å². The zero-order valence-electron chi connectivity index (χ0n) is 6.45. The molecule has 1 rings (SSSR count). The van der Waals surface area contributed by atoms with E-state index in [0.29, 0.717) is 12.1 Å². The fourth-order valence-electron chi connectivity index (χ4n) is 0.752. The minimum atomic E-state index is -1.36. The first kappa shape index (κ1) is 12.2. The van der Waals surface area contributed by atoms with E-state index in [1.807, 2.05) is 0 Å². The summed E-state index contributed by atoms with van der Waals surface area (Å²) in [6.07, 6.45) is 0. The molecule has 1 aromatic rings. The van der Waals surface area contributed by atoms with E-state index in [4.69, 9.17) is 5.39 Å². The van der Waals surface area contributed by atoms with Crippen LogP contribution < -0.4 is 12.4 Å². The van der Waals surface area contributed by atoms with Crippen LogP contribution in [-0.4, -0.2) is 4.92 Å². The maximum Gasteiger partial charge on any atom is 0.464 e. The van der Waals surface area contributed by atoms with Gasteiger partial charge in [-0.25, -0.2) is 8.78 Å². The van der Waals surface area contributed by atoms with Gasteiger partial charge in [0.15, 0.2) is 16.6 Å². The Hall–Kier alpha value is -1.81. The number of halogens is 3. The number of benzene rings is 1. The van der Waals surface area contributed by atoms with Crippen LogP contribution in [0.15, 0.2) is 12.1 Å². The average molecular weight is 222 g/mol. The monoisotopic (exact) mass is 221 g/mol. The molecule has 0 heterocycles. The van der Waals surface area contributed by atoms with Crippen molar-refractivity contribution in [2.24, 2.45) is 0 Å². The molecule has 0 N–H and O–H groups in total. The summed E-state index contributed by atoms with van der Waals surface area (Å²) in [5, 5.41) is 18.4. The van der Waals surface area contributed by atoms with Crippen LogP contribution in [-0.2, 0) is 0 Å². The molecule has 0 spiro atoms. The molecule has 0 aliphatic carbocycles. The first-order valence-corrected chi connectivity index (χ1v) is 3.05. The van der Waals surface area contributed by atoms with E-state index in [9.17, 15) is 18.9 Å². The third-order valence-corrected chi connectivity index (χ3v) is 1.32. The van der Waals surface area contributed by atoms with Crippen molar-refractivity contribution in [1.82, 2.24) is 0 Å². The number of nitro benzene ring substituents is 1. The zero-order valence-corrected chi connectivity index (χ0v) is 7.20. The summed E-state index contributed by atoms with van der Waals surface area (Å²) in [5.41, 5.74) is -1.41. The van der Waals surface area contributed by atoms with E-state index in [1.54, 1.807) is 0 Å². The van der Waals surface area contributed by atoms with Gasteiger partial charge >= 0.3 is 11.4 Å². The Morgan fingerprint density at radius 3 is 2.29 bits per heavy atom. The number of diazo groups is 1. The van der Waals surface area contributed by atoms with E-state index < -0.39 is 27.9 Å². The van der Waals surface area contributed by atoms with E-state index in [1.165, 1.54) is 0 Å². The molecule has 0 bridgehead atoms. The highest BCUT2D eigenvalue weighted by Crippen LogP contribution is 2.29. The van der Waals surface area contributed by atoms with Crippen LogP contribution in [0.3, 0.4) is 0 Å². The summed E-state index contributed by atoms with van der Waals surface area (Å²) in [6, 6.07) is 0.790. The second-order valence-electron chi connectivity index (χ2n) is 2.11. The standard InChI is InChI=1S/C6H2F2N3O2.ClH/c7-3-1-5(10-9)6(11(12)13)2-4(3)8;/h1-2H;1H/q+1;/p-1. The minimum absolute atomic E-state index is 0. The van der Waals surface area contributed by atoms with Crippen LogP contribution in [0.1, 0.15) is 0 Å². The van der Waals surface area contributed by atoms with Crippen molar-refractivity contribution in [3.05, 3.63) is 38.9 Å². The molecule has 5 nitrogen and oxygen atoms in total. The van der Waals surface area contributed by atoms with Gasteiger partial charge in [-0.3, -0.25) is 10.1 Å². The summed E-state index contributed by atoms with van der Waals surface area (Å²) in [4.78, 5) is 11.7. The van der Waals surface area contributed by atoms with Gasteiger partial charge in [-0.2, -0.15) is 0 Å². The van der Waals surface area contributed by atoms with Crippen molar-refractivity contribution in [2.45, 2.75) is 0 Å². The Bertz CT molecular complexity index is 418. The molecule has 0 unspecified atom stereocenters. The van der Waals surface area contributed by atoms with Gasteiger partial charge in [0.2, 0.25) is 5.39 Å². The smallest absolute Gasteiger partial charge is 0.464 e. The minimum Gasteiger partial charge on any atom is -1.00 e. The van der Waals surface area contributed by atoms with Crippen LogP contribution in [0.25, 0.3) is 4.98 Å². The lowest BCUT2D eigenvalue weighted by atomic mass is 10.2. The predicted octanol–water partition coefficient (Wildman–Crippen LogP) is -0.638. The molecule has 14 heavy (non-hydrogen) atoms. The second kappa shape index (κ2) is 4.43. The third-order valence-electron chi connectivity index (χ3n) is 1.32. The molecule has 0 amide bonds. The van der Waals surface area contributed by atoms with Crippen molar-refractivity contribution >= 4 is 11.4 Å². The van der Waals surface area contributed by atoms with Crippen molar-refractivity contribution in [3.63, 3.8) is 0 Å². The number of hydrogen-bond donors (Lipinski definition) is 0. The molecule has 1 aromatic carbocycles. The molecule has 8 heteroatoms. The normalized spacial score (nSPS) is 8.64. The average Bonchev–Trinajstić information content (AvgIpc) is 2.08. The molecule has 0 radical (unpaired) electrons. The lowest BCUT2D eigenvalue weighted by Crippen LogP contribution is -3.00. The first-order valence-electron chi connectivity index (χ1n) is 3.05. The number of nitro groups is 1. The molecular weight excluding hydrogens is 220 g/mol. The summed E-state index contributed by atoms with van der Waals surface area (Å²) in [6.45, 7) is 0. The van der Waals surface area contributed by atoms with Crippen molar-refractivity contribution in [1.29, 1.82) is 5.39 Å². The Kier molecular flexibility index (Phi) is 3.86. The lowest BCUT2D eigenvalue weighted by Gasteiger charge is -1.89. The highest BCUT2D eigenvalue weighted by Gasteiger charge is 2.27. The van der Waals surface area contributed by atoms with Gasteiger partial charge in [0.25, 0.3) is 0 Å². The molecule has 0 aromatic heterocycles. The van der Waals surface area contributed by atoms with Gasteiger partial charge in [-0.1, -0.05) is 0 Å². The Morgan fingerprint density at radius 1 is 1.36 bits per heavy atom. The molecule has 0 aliphatic rings. The molecule has 0 saturated carbocycles. The predicted molar refractivity (Wildman–Crippen MR) is 37.8 cm³/mol. The summed E-state index contributed by atoms with van der Waals surface area (Å²) in [7, 11) is 0. The molecule has 0 aliphatic heterocycles. The fraction of sp³-hybridized carbons (Fsp3) is 0. The van der Waals surface area contributed by atoms with Crippen molar-refractivity contribution < 1.29 is 26.1 Å². The summed E-state index contributed by atoms with van der Waals surface area (Å²) < 4.78 is 24.9.